The summed E-state index contributed by atoms with van der Waals surface area (Å²) in [6.45, 7) is 3.81. The minimum absolute atomic E-state index is 0.0611. The van der Waals surface area contributed by atoms with Gasteiger partial charge in [-0.3, -0.25) is 4.79 Å². The van der Waals surface area contributed by atoms with E-state index >= 15 is 0 Å². The summed E-state index contributed by atoms with van der Waals surface area (Å²) in [7, 11) is 0. The molecule has 0 atom stereocenters. The third kappa shape index (κ3) is 4.18. The highest BCUT2D eigenvalue weighted by Gasteiger charge is 2.06. The summed E-state index contributed by atoms with van der Waals surface area (Å²) in [6.07, 6.45) is 0. The zero-order valence-electron chi connectivity index (χ0n) is 9.18. The molecule has 0 aliphatic heterocycles. The van der Waals surface area contributed by atoms with Crippen LogP contribution in [0.5, 0.6) is 0 Å². The Kier molecular flexibility index (Phi) is 4.73. The number of rotatable bonds is 4. The van der Waals surface area contributed by atoms with Crippen molar-refractivity contribution in [1.29, 1.82) is 0 Å². The predicted molar refractivity (Wildman–Crippen MR) is 65.9 cm³/mol. The third-order valence-corrected chi connectivity index (χ3v) is 2.31. The highest BCUT2D eigenvalue weighted by molar-refractivity contribution is 9.10. The van der Waals surface area contributed by atoms with E-state index in [1.54, 1.807) is 12.1 Å². The number of halogens is 2. The van der Waals surface area contributed by atoms with Crippen molar-refractivity contribution < 1.29 is 9.18 Å². The maximum absolute atomic E-state index is 13.3. The number of amides is 1. The van der Waals surface area contributed by atoms with Crippen molar-refractivity contribution in [1.82, 2.24) is 5.32 Å². The van der Waals surface area contributed by atoms with Gasteiger partial charge in [-0.1, -0.05) is 15.9 Å². The molecule has 1 rings (SSSR count). The molecule has 0 aromatic heterocycles. The van der Waals surface area contributed by atoms with Crippen molar-refractivity contribution in [2.24, 2.45) is 0 Å². The fourth-order valence-electron chi connectivity index (χ4n) is 1.18. The molecule has 2 N–H and O–H groups in total. The normalized spacial score (nSPS) is 10.3. The Hall–Kier alpha value is -1.10. The molecule has 0 heterocycles. The van der Waals surface area contributed by atoms with Crippen molar-refractivity contribution in [3.05, 3.63) is 28.5 Å². The first-order valence-corrected chi connectivity index (χ1v) is 5.76. The van der Waals surface area contributed by atoms with Crippen LogP contribution in [0.25, 0.3) is 0 Å². The fraction of sp³-hybridized carbons (Fsp3) is 0.364. The minimum atomic E-state index is -0.374. The fourth-order valence-corrected chi connectivity index (χ4v) is 1.54. The Bertz CT molecular complexity index is 382. The molecular weight excluding hydrogens is 275 g/mol. The van der Waals surface area contributed by atoms with E-state index in [1.165, 1.54) is 6.07 Å². The predicted octanol–water partition coefficient (Wildman–Crippen LogP) is 2.52. The van der Waals surface area contributed by atoms with Crippen LogP contribution in [0, 0.1) is 5.82 Å². The van der Waals surface area contributed by atoms with Gasteiger partial charge in [0.1, 0.15) is 5.82 Å². The Morgan fingerprint density at radius 2 is 2.19 bits per heavy atom. The molecule has 0 fully saturated rings. The van der Waals surface area contributed by atoms with Crippen molar-refractivity contribution in [2.45, 2.75) is 19.9 Å². The lowest BCUT2D eigenvalue weighted by molar-refractivity contribution is -0.119. The summed E-state index contributed by atoms with van der Waals surface area (Å²) < 4.78 is 14.0. The van der Waals surface area contributed by atoms with Gasteiger partial charge in [-0.15, -0.1) is 0 Å². The molecular formula is C11H14BrFN2O. The average Bonchev–Trinajstić information content (AvgIpc) is 2.18. The number of anilines is 1. The van der Waals surface area contributed by atoms with Crippen LogP contribution in [0.15, 0.2) is 22.7 Å². The van der Waals surface area contributed by atoms with Crippen molar-refractivity contribution in [3.8, 4) is 0 Å². The van der Waals surface area contributed by atoms with Gasteiger partial charge in [-0.2, -0.15) is 0 Å². The van der Waals surface area contributed by atoms with E-state index in [1.807, 2.05) is 13.8 Å². The molecule has 0 spiro atoms. The van der Waals surface area contributed by atoms with Crippen LogP contribution in [0.2, 0.25) is 0 Å². The van der Waals surface area contributed by atoms with E-state index in [-0.39, 0.29) is 24.3 Å². The summed E-state index contributed by atoms with van der Waals surface area (Å²) in [5, 5.41) is 5.45. The lowest BCUT2D eigenvalue weighted by atomic mass is 10.3. The second kappa shape index (κ2) is 5.84. The maximum Gasteiger partial charge on any atom is 0.239 e. The molecule has 3 nitrogen and oxygen atoms in total. The molecule has 1 aromatic carbocycles. The first-order chi connectivity index (χ1) is 7.49. The first-order valence-electron chi connectivity index (χ1n) is 4.97. The van der Waals surface area contributed by atoms with Gasteiger partial charge in [-0.25, -0.2) is 4.39 Å². The summed E-state index contributed by atoms with van der Waals surface area (Å²) >= 11 is 3.24. The van der Waals surface area contributed by atoms with E-state index in [0.717, 1.165) is 4.47 Å². The molecule has 1 aromatic rings. The molecule has 0 radical (unpaired) electrons. The lowest BCUT2D eigenvalue weighted by Crippen LogP contribution is -2.34. The Morgan fingerprint density at radius 1 is 1.50 bits per heavy atom. The van der Waals surface area contributed by atoms with Crippen LogP contribution in [0.3, 0.4) is 0 Å². The third-order valence-electron chi connectivity index (χ3n) is 1.82. The van der Waals surface area contributed by atoms with Crippen LogP contribution < -0.4 is 10.6 Å². The van der Waals surface area contributed by atoms with Crippen LogP contribution in [-0.2, 0) is 4.79 Å². The average molecular weight is 289 g/mol. The van der Waals surface area contributed by atoms with Gasteiger partial charge in [0.15, 0.2) is 0 Å². The molecule has 88 valence electrons. The van der Waals surface area contributed by atoms with Crippen molar-refractivity contribution in [3.63, 3.8) is 0 Å². The zero-order chi connectivity index (χ0) is 12.1. The van der Waals surface area contributed by atoms with Crippen LogP contribution in [0.1, 0.15) is 13.8 Å². The van der Waals surface area contributed by atoms with E-state index in [0.29, 0.717) is 5.69 Å². The monoisotopic (exact) mass is 288 g/mol. The van der Waals surface area contributed by atoms with Gasteiger partial charge in [0.2, 0.25) is 5.91 Å². The van der Waals surface area contributed by atoms with E-state index < -0.39 is 0 Å². The zero-order valence-corrected chi connectivity index (χ0v) is 10.8. The first kappa shape index (κ1) is 13.0. The topological polar surface area (TPSA) is 41.1 Å². The molecule has 0 bridgehead atoms. The summed E-state index contributed by atoms with van der Waals surface area (Å²) in [4.78, 5) is 11.3. The second-order valence-corrected chi connectivity index (χ2v) is 4.62. The smallest absolute Gasteiger partial charge is 0.239 e. The molecule has 16 heavy (non-hydrogen) atoms. The summed E-state index contributed by atoms with van der Waals surface area (Å²) in [6, 6.07) is 4.63. The van der Waals surface area contributed by atoms with Crippen molar-refractivity contribution >= 4 is 27.5 Å². The summed E-state index contributed by atoms with van der Waals surface area (Å²) in [5.74, 6) is -0.532. The highest BCUT2D eigenvalue weighted by atomic mass is 79.9. The van der Waals surface area contributed by atoms with Crippen molar-refractivity contribution in [2.75, 3.05) is 11.9 Å². The van der Waals surface area contributed by atoms with Gasteiger partial charge >= 0.3 is 0 Å². The minimum Gasteiger partial charge on any atom is -0.374 e. The standard InChI is InChI=1S/C11H14BrFN2O/c1-7(2)15-11(16)6-14-10-5-8(12)3-4-9(10)13/h3-5,7,14H,6H2,1-2H3,(H,15,16). The molecule has 0 saturated heterocycles. The van der Waals surface area contributed by atoms with Crippen LogP contribution >= 0.6 is 15.9 Å². The number of nitrogens with one attached hydrogen (secondary N) is 2. The van der Waals surface area contributed by atoms with Gasteiger partial charge in [0.05, 0.1) is 12.2 Å². The van der Waals surface area contributed by atoms with E-state index in [4.69, 9.17) is 0 Å². The Labute approximate surface area is 103 Å². The number of benzene rings is 1. The molecule has 5 heteroatoms. The Balaban J connectivity index is 2.54. The SMILES string of the molecule is CC(C)NC(=O)CNc1cc(Br)ccc1F. The van der Waals surface area contributed by atoms with Crippen LogP contribution in [0.4, 0.5) is 10.1 Å². The maximum atomic E-state index is 13.3. The van der Waals surface area contributed by atoms with E-state index in [9.17, 15) is 9.18 Å². The number of carbonyl (C=O) groups is 1. The molecule has 0 aliphatic rings. The van der Waals surface area contributed by atoms with E-state index in [2.05, 4.69) is 26.6 Å². The molecule has 0 aliphatic carbocycles. The molecule has 0 unspecified atom stereocenters. The lowest BCUT2D eigenvalue weighted by Gasteiger charge is -2.10. The van der Waals surface area contributed by atoms with Gasteiger partial charge < -0.3 is 10.6 Å². The quantitative estimate of drug-likeness (QED) is 0.894. The molecule has 1 amide bonds. The highest BCUT2D eigenvalue weighted by Crippen LogP contribution is 2.19. The van der Waals surface area contributed by atoms with Gasteiger partial charge in [0.25, 0.3) is 0 Å². The van der Waals surface area contributed by atoms with Crippen LogP contribution in [-0.4, -0.2) is 18.5 Å². The largest absolute Gasteiger partial charge is 0.374 e. The molecule has 0 saturated carbocycles. The van der Waals surface area contributed by atoms with Gasteiger partial charge in [-0.05, 0) is 32.0 Å². The number of hydrogen-bond donors (Lipinski definition) is 2. The summed E-state index contributed by atoms with van der Waals surface area (Å²) in [5.41, 5.74) is 0.313. The number of hydrogen-bond acceptors (Lipinski definition) is 2. The second-order valence-electron chi connectivity index (χ2n) is 3.70. The van der Waals surface area contributed by atoms with Gasteiger partial charge in [0, 0.05) is 10.5 Å². The Morgan fingerprint density at radius 3 is 2.81 bits per heavy atom. The number of carbonyl (C=O) groups excluding carboxylic acids is 1.